The zero-order chi connectivity index (χ0) is 22.7. The normalized spacial score (nSPS) is 14.8. The molecule has 32 heavy (non-hydrogen) atoms. The summed E-state index contributed by atoms with van der Waals surface area (Å²) in [4.78, 5) is 21.8. The monoisotopic (exact) mass is 434 g/mol. The van der Waals surface area contributed by atoms with E-state index in [4.69, 9.17) is 9.72 Å². The molecule has 166 valence electrons. The van der Waals surface area contributed by atoms with E-state index in [1.807, 2.05) is 18.2 Å². The van der Waals surface area contributed by atoms with Gasteiger partial charge in [0, 0.05) is 55.0 Å². The van der Waals surface area contributed by atoms with Gasteiger partial charge < -0.3 is 19.9 Å². The highest BCUT2D eigenvalue weighted by Crippen LogP contribution is 2.26. The number of methoxy groups -OCH3 is 1. The van der Waals surface area contributed by atoms with E-state index in [2.05, 4.69) is 35.2 Å². The van der Waals surface area contributed by atoms with Crippen molar-refractivity contribution in [1.82, 2.24) is 9.88 Å². The smallest absolute Gasteiger partial charge is 0.248 e. The quantitative estimate of drug-likeness (QED) is 0.613. The molecule has 0 saturated carbocycles. The SMILES string of the molecule is COc1ccc(/C=C/C(=O)Nc2ccc3nc(N4CCN(C)CC4)cc(C)c3c2)c(F)c1. The number of nitrogens with zero attached hydrogens (tertiary/aromatic N) is 3. The number of aryl methyl sites for hydroxylation is 1. The topological polar surface area (TPSA) is 57.7 Å². The fourth-order valence-corrected chi connectivity index (χ4v) is 3.77. The Kier molecular flexibility index (Phi) is 6.37. The predicted molar refractivity (Wildman–Crippen MR) is 127 cm³/mol. The van der Waals surface area contributed by atoms with Crippen LogP contribution < -0.4 is 15.0 Å². The lowest BCUT2D eigenvalue weighted by Gasteiger charge is -2.33. The minimum atomic E-state index is -0.447. The fraction of sp³-hybridized carbons (Fsp3) is 0.280. The van der Waals surface area contributed by atoms with Crippen molar-refractivity contribution in [2.75, 3.05) is 50.6 Å². The fourth-order valence-electron chi connectivity index (χ4n) is 3.77. The number of fused-ring (bicyclic) bond motifs is 1. The number of pyridine rings is 1. The highest BCUT2D eigenvalue weighted by atomic mass is 19.1. The molecule has 0 unspecified atom stereocenters. The number of carbonyl (C=O) groups is 1. The number of piperazine rings is 1. The summed E-state index contributed by atoms with van der Waals surface area (Å²) < 4.78 is 19.0. The second kappa shape index (κ2) is 9.36. The number of ether oxygens (including phenoxy) is 1. The van der Waals surface area contributed by atoms with Crippen molar-refractivity contribution >= 4 is 34.4 Å². The number of hydrogen-bond acceptors (Lipinski definition) is 5. The van der Waals surface area contributed by atoms with Crippen LogP contribution in [0.3, 0.4) is 0 Å². The van der Waals surface area contributed by atoms with Crippen molar-refractivity contribution in [1.29, 1.82) is 0 Å². The first-order chi connectivity index (χ1) is 15.4. The average Bonchev–Trinajstić information content (AvgIpc) is 2.79. The van der Waals surface area contributed by atoms with Crippen molar-refractivity contribution in [2.24, 2.45) is 0 Å². The second-order valence-corrected chi connectivity index (χ2v) is 8.03. The van der Waals surface area contributed by atoms with E-state index in [0.29, 0.717) is 17.0 Å². The Balaban J connectivity index is 1.48. The minimum absolute atomic E-state index is 0.316. The molecular formula is C25H27FN4O2. The molecule has 0 atom stereocenters. The van der Waals surface area contributed by atoms with E-state index in [0.717, 1.165) is 48.5 Å². The van der Waals surface area contributed by atoms with Gasteiger partial charge in [0.25, 0.3) is 0 Å². The Morgan fingerprint density at radius 3 is 2.62 bits per heavy atom. The van der Waals surface area contributed by atoms with Crippen molar-refractivity contribution in [2.45, 2.75) is 6.92 Å². The van der Waals surface area contributed by atoms with Gasteiger partial charge in [-0.25, -0.2) is 9.37 Å². The van der Waals surface area contributed by atoms with Crippen LogP contribution in [0.2, 0.25) is 0 Å². The first-order valence-corrected chi connectivity index (χ1v) is 10.6. The van der Waals surface area contributed by atoms with Crippen LogP contribution in [0.1, 0.15) is 11.1 Å². The van der Waals surface area contributed by atoms with Gasteiger partial charge in [0.1, 0.15) is 17.4 Å². The van der Waals surface area contributed by atoms with Gasteiger partial charge in [0.05, 0.1) is 12.6 Å². The first kappa shape index (κ1) is 21.8. The second-order valence-electron chi connectivity index (χ2n) is 8.03. The summed E-state index contributed by atoms with van der Waals surface area (Å²) >= 11 is 0. The van der Waals surface area contributed by atoms with E-state index < -0.39 is 5.82 Å². The predicted octanol–water partition coefficient (Wildman–Crippen LogP) is 4.09. The zero-order valence-electron chi connectivity index (χ0n) is 18.6. The lowest BCUT2D eigenvalue weighted by atomic mass is 10.1. The maximum Gasteiger partial charge on any atom is 0.248 e. The molecule has 2 aromatic carbocycles. The minimum Gasteiger partial charge on any atom is -0.497 e. The molecule has 1 saturated heterocycles. The molecule has 7 heteroatoms. The third-order valence-electron chi connectivity index (χ3n) is 5.72. The molecule has 1 aliphatic heterocycles. The zero-order valence-corrected chi connectivity index (χ0v) is 18.6. The molecule has 4 rings (SSSR count). The van der Waals surface area contributed by atoms with Gasteiger partial charge in [-0.2, -0.15) is 0 Å². The molecule has 0 bridgehead atoms. The average molecular weight is 435 g/mol. The molecule has 2 heterocycles. The summed E-state index contributed by atoms with van der Waals surface area (Å²) in [5, 5.41) is 3.83. The van der Waals surface area contributed by atoms with Gasteiger partial charge in [0.2, 0.25) is 5.91 Å². The maximum absolute atomic E-state index is 14.0. The van der Waals surface area contributed by atoms with Crippen LogP contribution in [0.25, 0.3) is 17.0 Å². The Morgan fingerprint density at radius 2 is 1.91 bits per heavy atom. The Labute approximate surface area is 187 Å². The van der Waals surface area contributed by atoms with E-state index in [9.17, 15) is 9.18 Å². The Morgan fingerprint density at radius 1 is 1.12 bits per heavy atom. The van der Waals surface area contributed by atoms with Crippen LogP contribution in [0, 0.1) is 12.7 Å². The van der Waals surface area contributed by atoms with Gasteiger partial charge in [-0.3, -0.25) is 4.79 Å². The number of hydrogen-bond donors (Lipinski definition) is 1. The summed E-state index contributed by atoms with van der Waals surface area (Å²) in [5.74, 6) is 0.639. The molecule has 3 aromatic rings. The van der Waals surface area contributed by atoms with E-state index >= 15 is 0 Å². The molecule has 1 fully saturated rings. The summed E-state index contributed by atoms with van der Waals surface area (Å²) in [7, 11) is 3.61. The number of rotatable bonds is 5. The molecular weight excluding hydrogens is 407 g/mol. The maximum atomic E-state index is 14.0. The highest BCUT2D eigenvalue weighted by molar-refractivity contribution is 6.03. The van der Waals surface area contributed by atoms with Crippen LogP contribution in [0.5, 0.6) is 5.75 Å². The summed E-state index contributed by atoms with van der Waals surface area (Å²) in [6, 6.07) is 12.3. The molecule has 1 amide bonds. The van der Waals surface area contributed by atoms with E-state index in [1.165, 1.54) is 25.3 Å². The third-order valence-corrected chi connectivity index (χ3v) is 5.72. The number of halogens is 1. The highest BCUT2D eigenvalue weighted by Gasteiger charge is 2.16. The van der Waals surface area contributed by atoms with Crippen LogP contribution >= 0.6 is 0 Å². The number of benzene rings is 2. The third kappa shape index (κ3) is 4.89. The molecule has 0 aliphatic carbocycles. The Hall–Kier alpha value is -3.45. The molecule has 6 nitrogen and oxygen atoms in total. The van der Waals surface area contributed by atoms with Crippen molar-refractivity contribution in [3.05, 3.63) is 65.5 Å². The summed E-state index contributed by atoms with van der Waals surface area (Å²) in [6.45, 7) is 6.03. The number of carbonyl (C=O) groups excluding carboxylic acids is 1. The van der Waals surface area contributed by atoms with Crippen molar-refractivity contribution < 1.29 is 13.9 Å². The van der Waals surface area contributed by atoms with Crippen molar-refractivity contribution in [3.8, 4) is 5.75 Å². The van der Waals surface area contributed by atoms with Crippen molar-refractivity contribution in [3.63, 3.8) is 0 Å². The molecule has 1 aliphatic rings. The lowest BCUT2D eigenvalue weighted by Crippen LogP contribution is -2.44. The lowest BCUT2D eigenvalue weighted by molar-refractivity contribution is -0.111. The van der Waals surface area contributed by atoms with Gasteiger partial charge >= 0.3 is 0 Å². The van der Waals surface area contributed by atoms with Gasteiger partial charge in [-0.15, -0.1) is 0 Å². The number of anilines is 2. The summed E-state index contributed by atoms with van der Waals surface area (Å²) in [5.41, 5.74) is 2.99. The molecule has 0 radical (unpaired) electrons. The number of likely N-dealkylation sites (N-methyl/N-ethyl adjacent to an activating group) is 1. The molecule has 0 spiro atoms. The number of nitrogens with one attached hydrogen (secondary N) is 1. The number of amides is 1. The standard InChI is InChI=1S/C25H27FN4O2/c1-17-14-24(30-12-10-29(2)11-13-30)28-23-8-6-19(15-21(17)23)27-25(31)9-5-18-4-7-20(32-3)16-22(18)26/h4-9,14-16H,10-13H2,1-3H3,(H,27,31)/b9-5+. The van der Waals surface area contributed by atoms with Gasteiger partial charge in [-0.1, -0.05) is 0 Å². The van der Waals surface area contributed by atoms with Crippen LogP contribution in [-0.4, -0.2) is 56.1 Å². The first-order valence-electron chi connectivity index (χ1n) is 10.6. The number of aromatic nitrogens is 1. The van der Waals surface area contributed by atoms with Crippen LogP contribution in [0.15, 0.2) is 48.5 Å². The van der Waals surface area contributed by atoms with Crippen LogP contribution in [-0.2, 0) is 4.79 Å². The molecule has 1 N–H and O–H groups in total. The Bertz CT molecular complexity index is 1170. The largest absolute Gasteiger partial charge is 0.497 e. The van der Waals surface area contributed by atoms with Crippen LogP contribution in [0.4, 0.5) is 15.9 Å². The van der Waals surface area contributed by atoms with Gasteiger partial charge in [0.15, 0.2) is 0 Å². The molecule has 1 aromatic heterocycles. The summed E-state index contributed by atoms with van der Waals surface area (Å²) in [6.07, 6.45) is 2.76. The van der Waals surface area contributed by atoms with E-state index in [1.54, 1.807) is 12.1 Å². The van der Waals surface area contributed by atoms with Gasteiger partial charge in [-0.05, 0) is 62.0 Å². The van der Waals surface area contributed by atoms with E-state index in [-0.39, 0.29) is 5.91 Å².